The average molecular weight is 229 g/mol. The lowest BCUT2D eigenvalue weighted by Gasteiger charge is -2.14. The largest absolute Gasteiger partial charge is 0.375 e. The van der Waals surface area contributed by atoms with E-state index in [1.165, 1.54) is 7.11 Å². The highest BCUT2D eigenvalue weighted by atomic mass is 32.1. The van der Waals surface area contributed by atoms with Crippen LogP contribution in [0.5, 0.6) is 0 Å². The summed E-state index contributed by atoms with van der Waals surface area (Å²) in [5.41, 5.74) is 1.08. The molecule has 0 saturated carbocycles. The first kappa shape index (κ1) is 12.2. The molecule has 1 atom stereocenters. The second-order valence-electron chi connectivity index (χ2n) is 3.02. The average Bonchev–Trinajstić information content (AvgIpc) is 2.72. The maximum Gasteiger partial charge on any atom is 0.246 e. The third kappa shape index (κ3) is 3.99. The fourth-order valence-corrected chi connectivity index (χ4v) is 1.89. The van der Waals surface area contributed by atoms with E-state index in [4.69, 9.17) is 9.47 Å². The quantitative estimate of drug-likeness (QED) is 0.797. The third-order valence-corrected chi connectivity index (χ3v) is 2.66. The molecule has 1 amide bonds. The number of carbonyl (C=O) groups is 1. The molecule has 1 unspecified atom stereocenters. The molecule has 0 saturated heterocycles. The Morgan fingerprint density at radius 2 is 2.40 bits per heavy atom. The Bertz CT molecular complexity index is 287. The Morgan fingerprint density at radius 1 is 1.60 bits per heavy atom. The van der Waals surface area contributed by atoms with Gasteiger partial charge in [-0.1, -0.05) is 0 Å². The van der Waals surface area contributed by atoms with Crippen LogP contribution in [0.4, 0.5) is 0 Å². The number of thiophene rings is 1. The molecule has 1 aromatic heterocycles. The minimum absolute atomic E-state index is 0.0834. The van der Waals surface area contributed by atoms with Gasteiger partial charge < -0.3 is 14.8 Å². The van der Waals surface area contributed by atoms with Crippen LogP contribution in [0, 0.1) is 0 Å². The molecule has 1 rings (SSSR count). The summed E-state index contributed by atoms with van der Waals surface area (Å²) < 4.78 is 9.98. The zero-order valence-corrected chi connectivity index (χ0v) is 9.67. The van der Waals surface area contributed by atoms with Crippen LogP contribution >= 0.6 is 11.3 Å². The van der Waals surface area contributed by atoms with Crippen molar-refractivity contribution in [1.82, 2.24) is 5.32 Å². The number of carbonyl (C=O) groups excluding carboxylic acids is 1. The first-order valence-electron chi connectivity index (χ1n) is 4.58. The molecule has 0 bridgehead atoms. The smallest absolute Gasteiger partial charge is 0.246 e. The van der Waals surface area contributed by atoms with E-state index in [0.29, 0.717) is 6.54 Å². The lowest BCUT2D eigenvalue weighted by molar-refractivity contribution is -0.125. The van der Waals surface area contributed by atoms with Crippen molar-refractivity contribution in [3.63, 3.8) is 0 Å². The van der Waals surface area contributed by atoms with Gasteiger partial charge in [-0.15, -0.1) is 0 Å². The first-order chi connectivity index (χ1) is 7.27. The molecule has 0 fully saturated rings. The van der Waals surface area contributed by atoms with E-state index in [2.05, 4.69) is 5.32 Å². The summed E-state index contributed by atoms with van der Waals surface area (Å²) in [7, 11) is 3.12. The molecule has 1 heterocycles. The lowest BCUT2D eigenvalue weighted by Crippen LogP contribution is -2.31. The summed E-state index contributed by atoms with van der Waals surface area (Å²) in [4.78, 5) is 11.1. The topological polar surface area (TPSA) is 47.6 Å². The number of hydrogen-bond donors (Lipinski definition) is 1. The Kier molecular flexibility index (Phi) is 5.31. The minimum atomic E-state index is -0.130. The van der Waals surface area contributed by atoms with Crippen molar-refractivity contribution in [3.05, 3.63) is 22.4 Å². The third-order valence-electron chi connectivity index (χ3n) is 1.96. The summed E-state index contributed by atoms with van der Waals surface area (Å²) in [6.45, 7) is 0.551. The second-order valence-corrected chi connectivity index (χ2v) is 3.80. The van der Waals surface area contributed by atoms with Crippen LogP contribution in [0.1, 0.15) is 11.7 Å². The van der Waals surface area contributed by atoms with Crippen LogP contribution < -0.4 is 5.32 Å². The van der Waals surface area contributed by atoms with Crippen LogP contribution in [-0.2, 0) is 14.3 Å². The maximum absolute atomic E-state index is 11.1. The van der Waals surface area contributed by atoms with Gasteiger partial charge in [0.15, 0.2) is 0 Å². The van der Waals surface area contributed by atoms with Gasteiger partial charge in [0, 0.05) is 20.8 Å². The number of amides is 1. The molecule has 0 aliphatic rings. The molecule has 15 heavy (non-hydrogen) atoms. The summed E-state index contributed by atoms with van der Waals surface area (Å²) >= 11 is 1.61. The highest BCUT2D eigenvalue weighted by Crippen LogP contribution is 2.18. The SMILES string of the molecule is COCC(=O)NCC(OC)c1ccsc1. The van der Waals surface area contributed by atoms with Crippen molar-refractivity contribution in [2.75, 3.05) is 27.4 Å². The summed E-state index contributed by atoms with van der Waals surface area (Å²) in [6, 6.07) is 1.99. The molecule has 1 aromatic rings. The fourth-order valence-electron chi connectivity index (χ4n) is 1.18. The highest BCUT2D eigenvalue weighted by Gasteiger charge is 2.11. The van der Waals surface area contributed by atoms with E-state index < -0.39 is 0 Å². The monoisotopic (exact) mass is 229 g/mol. The standard InChI is InChI=1S/C10H15NO3S/c1-13-6-10(12)11-5-9(14-2)8-3-4-15-7-8/h3-4,7,9H,5-6H2,1-2H3,(H,11,12). The van der Waals surface area contributed by atoms with Crippen LogP contribution in [0.25, 0.3) is 0 Å². The second kappa shape index (κ2) is 6.55. The molecule has 0 aliphatic heterocycles. The van der Waals surface area contributed by atoms with Crippen LogP contribution in [0.15, 0.2) is 16.8 Å². The van der Waals surface area contributed by atoms with Gasteiger partial charge in [0.1, 0.15) is 12.7 Å². The fraction of sp³-hybridized carbons (Fsp3) is 0.500. The summed E-state index contributed by atoms with van der Waals surface area (Å²) in [5, 5.41) is 6.73. The van der Waals surface area contributed by atoms with Gasteiger partial charge in [0.05, 0.1) is 0 Å². The molecule has 84 valence electrons. The Morgan fingerprint density at radius 3 is 2.93 bits per heavy atom. The van der Waals surface area contributed by atoms with Crippen LogP contribution in [0.3, 0.4) is 0 Å². The molecule has 4 nitrogen and oxygen atoms in total. The lowest BCUT2D eigenvalue weighted by atomic mass is 10.2. The predicted molar refractivity (Wildman–Crippen MR) is 59.0 cm³/mol. The molecular formula is C10H15NO3S. The molecule has 0 aliphatic carbocycles. The van der Waals surface area contributed by atoms with E-state index in [0.717, 1.165) is 5.56 Å². The zero-order valence-electron chi connectivity index (χ0n) is 8.86. The summed E-state index contributed by atoms with van der Waals surface area (Å²) in [5.74, 6) is -0.130. The Labute approximate surface area is 93.2 Å². The van der Waals surface area contributed by atoms with Gasteiger partial charge in [-0.25, -0.2) is 0 Å². The first-order valence-corrected chi connectivity index (χ1v) is 5.52. The van der Waals surface area contributed by atoms with Gasteiger partial charge >= 0.3 is 0 Å². The highest BCUT2D eigenvalue weighted by molar-refractivity contribution is 7.07. The number of rotatable bonds is 6. The van der Waals surface area contributed by atoms with Crippen LogP contribution in [-0.4, -0.2) is 33.3 Å². The van der Waals surface area contributed by atoms with Gasteiger partial charge in [0.2, 0.25) is 5.91 Å². The van der Waals surface area contributed by atoms with E-state index in [-0.39, 0.29) is 18.6 Å². The van der Waals surface area contributed by atoms with E-state index >= 15 is 0 Å². The van der Waals surface area contributed by atoms with E-state index in [9.17, 15) is 4.79 Å². The van der Waals surface area contributed by atoms with Crippen molar-refractivity contribution < 1.29 is 14.3 Å². The van der Waals surface area contributed by atoms with Crippen molar-refractivity contribution in [3.8, 4) is 0 Å². The van der Waals surface area contributed by atoms with Gasteiger partial charge in [-0.3, -0.25) is 4.79 Å². The van der Waals surface area contributed by atoms with Crippen molar-refractivity contribution >= 4 is 17.2 Å². The Hall–Kier alpha value is -0.910. The number of hydrogen-bond acceptors (Lipinski definition) is 4. The van der Waals surface area contributed by atoms with Gasteiger partial charge in [-0.2, -0.15) is 11.3 Å². The van der Waals surface area contributed by atoms with E-state index in [1.54, 1.807) is 18.4 Å². The predicted octanol–water partition coefficient (Wildman–Crippen LogP) is 1.20. The van der Waals surface area contributed by atoms with Crippen molar-refractivity contribution in [2.45, 2.75) is 6.10 Å². The minimum Gasteiger partial charge on any atom is -0.375 e. The molecule has 5 heteroatoms. The van der Waals surface area contributed by atoms with Crippen molar-refractivity contribution in [2.24, 2.45) is 0 Å². The van der Waals surface area contributed by atoms with Gasteiger partial charge in [-0.05, 0) is 22.4 Å². The van der Waals surface area contributed by atoms with E-state index in [1.807, 2.05) is 16.8 Å². The number of methoxy groups -OCH3 is 2. The Balaban J connectivity index is 2.38. The molecule has 0 radical (unpaired) electrons. The van der Waals surface area contributed by atoms with Crippen molar-refractivity contribution in [1.29, 1.82) is 0 Å². The molecular weight excluding hydrogens is 214 g/mol. The zero-order chi connectivity index (χ0) is 11.1. The summed E-state index contributed by atoms with van der Waals surface area (Å²) in [6.07, 6.45) is -0.0861. The number of ether oxygens (including phenoxy) is 2. The van der Waals surface area contributed by atoms with Crippen LogP contribution in [0.2, 0.25) is 0 Å². The maximum atomic E-state index is 11.1. The molecule has 1 N–H and O–H groups in total. The molecule has 0 spiro atoms. The van der Waals surface area contributed by atoms with Gasteiger partial charge in [0.25, 0.3) is 0 Å². The number of nitrogens with one attached hydrogen (secondary N) is 1. The molecule has 0 aromatic carbocycles. The normalized spacial score (nSPS) is 12.4.